The van der Waals surface area contributed by atoms with Gasteiger partial charge in [-0.25, -0.2) is 0 Å². The molecule has 0 aliphatic heterocycles. The molecule has 0 radical (unpaired) electrons. The van der Waals surface area contributed by atoms with Crippen molar-refractivity contribution in [2.24, 2.45) is 0 Å². The van der Waals surface area contributed by atoms with Crippen LogP contribution in [-0.2, 0) is 16.1 Å². The van der Waals surface area contributed by atoms with Crippen LogP contribution in [0.25, 0.3) is 0 Å². The highest BCUT2D eigenvalue weighted by Gasteiger charge is 2.29. The van der Waals surface area contributed by atoms with Gasteiger partial charge in [-0.3, -0.25) is 9.59 Å². The van der Waals surface area contributed by atoms with Gasteiger partial charge in [0, 0.05) is 17.6 Å². The molecule has 0 aliphatic carbocycles. The molecule has 2 rings (SSSR count). The zero-order valence-electron chi connectivity index (χ0n) is 18.9. The van der Waals surface area contributed by atoms with Crippen molar-refractivity contribution in [3.63, 3.8) is 0 Å². The van der Waals surface area contributed by atoms with E-state index in [9.17, 15) is 9.59 Å². The summed E-state index contributed by atoms with van der Waals surface area (Å²) in [5, 5.41) is 3.77. The standard InChI is InChI=1S/C24H30Cl2N2O4/c1-5-16(3)27-24(30)21(6-2)28(14-17-7-10-19(31-4)11-8-17)23(29)15-32-22-12-9-18(25)13-20(22)26/h7-13,16,21H,5-6,14-15H2,1-4H3,(H,27,30)/t16-,21-/m0/s1. The lowest BCUT2D eigenvalue weighted by Crippen LogP contribution is -2.51. The molecule has 0 bridgehead atoms. The van der Waals surface area contributed by atoms with E-state index in [0.29, 0.717) is 28.0 Å². The second-order valence-corrected chi connectivity index (χ2v) is 8.32. The summed E-state index contributed by atoms with van der Waals surface area (Å²) in [6.07, 6.45) is 1.26. The van der Waals surface area contributed by atoms with E-state index in [2.05, 4.69) is 5.32 Å². The summed E-state index contributed by atoms with van der Waals surface area (Å²) in [5.74, 6) is 0.561. The Kier molecular flexibility index (Phi) is 10.1. The summed E-state index contributed by atoms with van der Waals surface area (Å²) < 4.78 is 10.9. The van der Waals surface area contributed by atoms with Crippen molar-refractivity contribution in [1.29, 1.82) is 0 Å². The molecule has 0 spiro atoms. The van der Waals surface area contributed by atoms with E-state index in [1.807, 2.05) is 45.0 Å². The fraction of sp³-hybridized carbons (Fsp3) is 0.417. The number of halogens is 2. The fourth-order valence-corrected chi connectivity index (χ4v) is 3.57. The molecular weight excluding hydrogens is 451 g/mol. The SMILES string of the molecule is CC[C@H](C)NC(=O)[C@H](CC)N(Cc1ccc(OC)cc1)C(=O)COc1ccc(Cl)cc1Cl. The molecule has 1 N–H and O–H groups in total. The minimum Gasteiger partial charge on any atom is -0.497 e. The van der Waals surface area contributed by atoms with Gasteiger partial charge < -0.3 is 19.7 Å². The summed E-state index contributed by atoms with van der Waals surface area (Å²) >= 11 is 12.1. The maximum Gasteiger partial charge on any atom is 0.261 e. The van der Waals surface area contributed by atoms with E-state index in [4.69, 9.17) is 32.7 Å². The van der Waals surface area contributed by atoms with Crippen molar-refractivity contribution in [3.05, 3.63) is 58.1 Å². The number of rotatable bonds is 11. The Hall–Kier alpha value is -2.44. The Balaban J connectivity index is 2.23. The maximum atomic E-state index is 13.2. The lowest BCUT2D eigenvalue weighted by molar-refractivity contribution is -0.143. The highest BCUT2D eigenvalue weighted by Crippen LogP contribution is 2.27. The van der Waals surface area contributed by atoms with E-state index in [1.165, 1.54) is 0 Å². The van der Waals surface area contributed by atoms with Gasteiger partial charge in [-0.1, -0.05) is 49.2 Å². The number of carbonyl (C=O) groups is 2. The first-order valence-corrected chi connectivity index (χ1v) is 11.3. The summed E-state index contributed by atoms with van der Waals surface area (Å²) in [5.41, 5.74) is 0.874. The number of hydrogen-bond acceptors (Lipinski definition) is 4. The van der Waals surface area contributed by atoms with Crippen LogP contribution in [0, 0.1) is 0 Å². The molecule has 0 fully saturated rings. The summed E-state index contributed by atoms with van der Waals surface area (Å²) in [6.45, 7) is 5.81. The van der Waals surface area contributed by atoms with E-state index < -0.39 is 6.04 Å². The molecule has 2 amide bonds. The maximum absolute atomic E-state index is 13.2. The van der Waals surface area contributed by atoms with Gasteiger partial charge in [0.2, 0.25) is 5.91 Å². The van der Waals surface area contributed by atoms with Gasteiger partial charge in [0.15, 0.2) is 6.61 Å². The van der Waals surface area contributed by atoms with E-state index in [-0.39, 0.29) is 31.0 Å². The monoisotopic (exact) mass is 480 g/mol. The minimum absolute atomic E-state index is 0.0126. The molecule has 0 unspecified atom stereocenters. The van der Waals surface area contributed by atoms with E-state index >= 15 is 0 Å². The van der Waals surface area contributed by atoms with Crippen molar-refractivity contribution in [1.82, 2.24) is 10.2 Å². The average Bonchev–Trinajstić information content (AvgIpc) is 2.78. The van der Waals surface area contributed by atoms with Gasteiger partial charge in [0.05, 0.1) is 12.1 Å². The second kappa shape index (κ2) is 12.6. The zero-order chi connectivity index (χ0) is 23.7. The van der Waals surface area contributed by atoms with Gasteiger partial charge in [-0.2, -0.15) is 0 Å². The third-order valence-electron chi connectivity index (χ3n) is 5.14. The van der Waals surface area contributed by atoms with Crippen LogP contribution >= 0.6 is 23.2 Å². The Morgan fingerprint density at radius 2 is 1.75 bits per heavy atom. The molecule has 0 aromatic heterocycles. The van der Waals surface area contributed by atoms with Crippen molar-refractivity contribution in [2.75, 3.05) is 13.7 Å². The van der Waals surface area contributed by atoms with Crippen LogP contribution in [0.5, 0.6) is 11.5 Å². The molecule has 2 atom stereocenters. The molecular formula is C24H30Cl2N2O4. The Labute approximate surface area is 199 Å². The summed E-state index contributed by atoms with van der Waals surface area (Å²) in [7, 11) is 1.59. The van der Waals surface area contributed by atoms with Crippen LogP contribution in [-0.4, -0.2) is 42.5 Å². The number of hydrogen-bond donors (Lipinski definition) is 1. The predicted octanol–water partition coefficient (Wildman–Crippen LogP) is 5.10. The number of benzene rings is 2. The number of nitrogens with zero attached hydrogens (tertiary/aromatic N) is 1. The predicted molar refractivity (Wildman–Crippen MR) is 127 cm³/mol. The molecule has 2 aromatic carbocycles. The molecule has 0 saturated carbocycles. The number of methoxy groups -OCH3 is 1. The molecule has 6 nitrogen and oxygen atoms in total. The van der Waals surface area contributed by atoms with Crippen LogP contribution < -0.4 is 14.8 Å². The molecule has 0 heterocycles. The van der Waals surface area contributed by atoms with Gasteiger partial charge in [-0.05, 0) is 55.7 Å². The van der Waals surface area contributed by atoms with Crippen molar-refractivity contribution >= 4 is 35.0 Å². The van der Waals surface area contributed by atoms with Crippen LogP contribution in [0.3, 0.4) is 0 Å². The molecule has 0 aliphatic rings. The quantitative estimate of drug-likeness (QED) is 0.485. The Morgan fingerprint density at radius 1 is 1.06 bits per heavy atom. The molecule has 2 aromatic rings. The van der Waals surface area contributed by atoms with Crippen LogP contribution in [0.1, 0.15) is 39.2 Å². The second-order valence-electron chi connectivity index (χ2n) is 7.48. The van der Waals surface area contributed by atoms with Gasteiger partial charge in [0.1, 0.15) is 17.5 Å². The van der Waals surface area contributed by atoms with Gasteiger partial charge in [0.25, 0.3) is 5.91 Å². The number of amides is 2. The number of nitrogens with one attached hydrogen (secondary N) is 1. The van der Waals surface area contributed by atoms with Crippen molar-refractivity contribution in [2.45, 2.75) is 52.2 Å². The summed E-state index contributed by atoms with van der Waals surface area (Å²) in [4.78, 5) is 27.7. The smallest absolute Gasteiger partial charge is 0.261 e. The third-order valence-corrected chi connectivity index (χ3v) is 5.67. The fourth-order valence-electron chi connectivity index (χ4n) is 3.10. The highest BCUT2D eigenvalue weighted by atomic mass is 35.5. The Morgan fingerprint density at radius 3 is 2.31 bits per heavy atom. The molecule has 0 saturated heterocycles. The highest BCUT2D eigenvalue weighted by molar-refractivity contribution is 6.35. The van der Waals surface area contributed by atoms with Crippen LogP contribution in [0.15, 0.2) is 42.5 Å². The number of ether oxygens (including phenoxy) is 2. The van der Waals surface area contributed by atoms with Crippen LogP contribution in [0.4, 0.5) is 0 Å². The Bertz CT molecular complexity index is 905. The minimum atomic E-state index is -0.636. The van der Waals surface area contributed by atoms with Gasteiger partial charge in [-0.15, -0.1) is 0 Å². The zero-order valence-corrected chi connectivity index (χ0v) is 20.4. The molecule has 174 valence electrons. The lowest BCUT2D eigenvalue weighted by Gasteiger charge is -2.31. The first kappa shape index (κ1) is 25.8. The first-order valence-electron chi connectivity index (χ1n) is 10.6. The third kappa shape index (κ3) is 7.31. The topological polar surface area (TPSA) is 67.9 Å². The van der Waals surface area contributed by atoms with Crippen LogP contribution in [0.2, 0.25) is 10.0 Å². The summed E-state index contributed by atoms with van der Waals surface area (Å²) in [6, 6.07) is 11.6. The molecule has 8 heteroatoms. The van der Waals surface area contributed by atoms with Gasteiger partial charge >= 0.3 is 0 Å². The normalized spacial score (nSPS) is 12.6. The van der Waals surface area contributed by atoms with E-state index in [0.717, 1.165) is 12.0 Å². The lowest BCUT2D eigenvalue weighted by atomic mass is 10.1. The largest absolute Gasteiger partial charge is 0.497 e. The average molecular weight is 481 g/mol. The van der Waals surface area contributed by atoms with E-state index in [1.54, 1.807) is 30.2 Å². The molecule has 32 heavy (non-hydrogen) atoms. The van der Waals surface area contributed by atoms with Crippen molar-refractivity contribution in [3.8, 4) is 11.5 Å². The first-order chi connectivity index (χ1) is 15.3. The number of carbonyl (C=O) groups excluding carboxylic acids is 2. The van der Waals surface area contributed by atoms with Crippen molar-refractivity contribution < 1.29 is 19.1 Å².